The number of nitrogens with one attached hydrogen (secondary N) is 2. The van der Waals surface area contributed by atoms with Gasteiger partial charge in [-0.2, -0.15) is 4.37 Å². The fourth-order valence-corrected chi connectivity index (χ4v) is 3.95. The Morgan fingerprint density at radius 3 is 2.68 bits per heavy atom. The average Bonchev–Trinajstić information content (AvgIpc) is 3.40. The molecule has 1 aliphatic rings. The summed E-state index contributed by atoms with van der Waals surface area (Å²) >= 11 is 1.49. The van der Waals surface area contributed by atoms with E-state index in [0.717, 1.165) is 11.2 Å². The van der Waals surface area contributed by atoms with Crippen molar-refractivity contribution in [1.82, 2.24) is 19.9 Å². The molecule has 1 fully saturated rings. The van der Waals surface area contributed by atoms with Crippen molar-refractivity contribution < 1.29 is 14.0 Å². The standard InChI is InChI=1S/C19H21N5O3S/c25-17(20-12-14-4-3-11-27-14)13-21-19(26)24-9-7-23(8-10-24)18-15-5-1-2-6-16(15)28-22-18/h1-6,11H,7-10,12-13H2,(H,20,25)(H,21,26). The first kappa shape index (κ1) is 18.3. The van der Waals surface area contributed by atoms with Crippen molar-refractivity contribution in [1.29, 1.82) is 0 Å². The third kappa shape index (κ3) is 4.09. The maximum atomic E-state index is 12.3. The van der Waals surface area contributed by atoms with E-state index < -0.39 is 0 Å². The lowest BCUT2D eigenvalue weighted by Gasteiger charge is -2.35. The van der Waals surface area contributed by atoms with Gasteiger partial charge in [-0.15, -0.1) is 0 Å². The smallest absolute Gasteiger partial charge is 0.317 e. The third-order valence-corrected chi connectivity index (χ3v) is 5.48. The van der Waals surface area contributed by atoms with Gasteiger partial charge in [-0.1, -0.05) is 12.1 Å². The highest BCUT2D eigenvalue weighted by Crippen LogP contribution is 2.29. The Morgan fingerprint density at radius 1 is 1.07 bits per heavy atom. The monoisotopic (exact) mass is 399 g/mol. The van der Waals surface area contributed by atoms with Crippen molar-refractivity contribution in [2.45, 2.75) is 6.54 Å². The number of carbonyl (C=O) groups excluding carboxylic acids is 2. The normalized spacial score (nSPS) is 14.3. The van der Waals surface area contributed by atoms with Crippen LogP contribution in [0.25, 0.3) is 10.1 Å². The molecule has 9 heteroatoms. The van der Waals surface area contributed by atoms with Crippen molar-refractivity contribution in [3.05, 3.63) is 48.4 Å². The molecule has 0 unspecified atom stereocenters. The maximum absolute atomic E-state index is 12.3. The van der Waals surface area contributed by atoms with Gasteiger partial charge in [0.25, 0.3) is 0 Å². The van der Waals surface area contributed by atoms with E-state index in [0.29, 0.717) is 38.5 Å². The van der Waals surface area contributed by atoms with Crippen molar-refractivity contribution in [2.75, 3.05) is 37.6 Å². The van der Waals surface area contributed by atoms with Crippen LogP contribution in [0.15, 0.2) is 47.1 Å². The number of urea groups is 1. The molecule has 0 bridgehead atoms. The number of hydrogen-bond donors (Lipinski definition) is 2. The van der Waals surface area contributed by atoms with Crippen LogP contribution in [-0.4, -0.2) is 53.9 Å². The molecule has 0 spiro atoms. The summed E-state index contributed by atoms with van der Waals surface area (Å²) in [6.07, 6.45) is 1.55. The molecule has 2 aromatic heterocycles. The molecule has 4 rings (SSSR count). The number of benzene rings is 1. The number of anilines is 1. The zero-order valence-corrected chi connectivity index (χ0v) is 16.1. The first-order valence-electron chi connectivity index (χ1n) is 9.12. The maximum Gasteiger partial charge on any atom is 0.317 e. The number of carbonyl (C=O) groups is 2. The number of fused-ring (bicyclic) bond motifs is 1. The van der Waals surface area contributed by atoms with Crippen molar-refractivity contribution in [3.8, 4) is 0 Å². The number of amides is 3. The van der Waals surface area contributed by atoms with Crippen molar-refractivity contribution in [2.24, 2.45) is 0 Å². The van der Waals surface area contributed by atoms with E-state index >= 15 is 0 Å². The van der Waals surface area contributed by atoms with Gasteiger partial charge in [-0.25, -0.2) is 4.79 Å². The van der Waals surface area contributed by atoms with Crippen LogP contribution in [0.1, 0.15) is 5.76 Å². The van der Waals surface area contributed by atoms with E-state index in [9.17, 15) is 9.59 Å². The zero-order chi connectivity index (χ0) is 19.3. The molecule has 0 radical (unpaired) electrons. The highest BCUT2D eigenvalue weighted by atomic mass is 32.1. The number of nitrogens with zero attached hydrogens (tertiary/aromatic N) is 3. The lowest BCUT2D eigenvalue weighted by atomic mass is 10.2. The molecule has 0 atom stereocenters. The second-order valence-electron chi connectivity index (χ2n) is 6.49. The molecular weight excluding hydrogens is 378 g/mol. The predicted molar refractivity (Wildman–Crippen MR) is 107 cm³/mol. The van der Waals surface area contributed by atoms with Gasteiger partial charge in [-0.05, 0) is 35.8 Å². The van der Waals surface area contributed by atoms with Crippen LogP contribution in [0, 0.1) is 0 Å². The van der Waals surface area contributed by atoms with Gasteiger partial charge in [-0.3, -0.25) is 4.79 Å². The van der Waals surface area contributed by atoms with Crippen molar-refractivity contribution >= 4 is 39.4 Å². The first-order chi connectivity index (χ1) is 13.7. The summed E-state index contributed by atoms with van der Waals surface area (Å²) in [6.45, 7) is 2.85. The second-order valence-corrected chi connectivity index (χ2v) is 7.30. The highest BCUT2D eigenvalue weighted by Gasteiger charge is 2.23. The third-order valence-electron chi connectivity index (χ3n) is 4.66. The average molecular weight is 399 g/mol. The molecular formula is C19H21N5O3S. The molecule has 0 aliphatic carbocycles. The Balaban J connectivity index is 1.23. The Morgan fingerprint density at radius 2 is 1.89 bits per heavy atom. The number of hydrogen-bond acceptors (Lipinski definition) is 6. The van der Waals surface area contributed by atoms with Crippen LogP contribution in [0.5, 0.6) is 0 Å². The SMILES string of the molecule is O=C(CNC(=O)N1CCN(c2nsc3ccccc23)CC1)NCc1ccco1. The van der Waals surface area contributed by atoms with E-state index in [2.05, 4.69) is 32.0 Å². The first-order valence-corrected chi connectivity index (χ1v) is 9.89. The van der Waals surface area contributed by atoms with Crippen molar-refractivity contribution in [3.63, 3.8) is 0 Å². The summed E-state index contributed by atoms with van der Waals surface area (Å²) in [5.41, 5.74) is 0. The number of furan rings is 1. The summed E-state index contributed by atoms with van der Waals surface area (Å²) in [6, 6.07) is 11.5. The molecule has 3 amide bonds. The Bertz CT molecular complexity index is 948. The number of rotatable bonds is 5. The van der Waals surface area contributed by atoms with Crippen LogP contribution in [-0.2, 0) is 11.3 Å². The Labute approximate surface area is 166 Å². The predicted octanol–water partition coefficient (Wildman–Crippen LogP) is 2.04. The molecule has 0 saturated carbocycles. The van der Waals surface area contributed by atoms with Gasteiger partial charge in [0.2, 0.25) is 5.91 Å². The van der Waals surface area contributed by atoms with Crippen LogP contribution in [0.2, 0.25) is 0 Å². The molecule has 28 heavy (non-hydrogen) atoms. The molecule has 1 aromatic carbocycles. The second kappa shape index (κ2) is 8.30. The minimum atomic E-state index is -0.252. The fourth-order valence-electron chi connectivity index (χ4n) is 3.15. The fraction of sp³-hybridized carbons (Fsp3) is 0.316. The molecule has 1 saturated heterocycles. The number of aromatic nitrogens is 1. The van der Waals surface area contributed by atoms with Gasteiger partial charge in [0.05, 0.1) is 24.1 Å². The minimum Gasteiger partial charge on any atom is -0.467 e. The summed E-state index contributed by atoms with van der Waals surface area (Å²) in [5, 5.41) is 6.53. The van der Waals surface area contributed by atoms with Crippen LogP contribution >= 0.6 is 11.5 Å². The summed E-state index contributed by atoms with van der Waals surface area (Å²) in [5.74, 6) is 1.40. The summed E-state index contributed by atoms with van der Waals surface area (Å²) in [7, 11) is 0. The van der Waals surface area contributed by atoms with Gasteiger partial charge in [0.1, 0.15) is 11.6 Å². The van der Waals surface area contributed by atoms with Gasteiger partial charge in [0, 0.05) is 31.6 Å². The lowest BCUT2D eigenvalue weighted by Crippen LogP contribution is -2.53. The molecule has 146 valence electrons. The van der Waals surface area contributed by atoms with E-state index in [4.69, 9.17) is 4.42 Å². The van der Waals surface area contributed by atoms with Gasteiger partial charge in [0.15, 0.2) is 0 Å². The Hall–Kier alpha value is -3.07. The van der Waals surface area contributed by atoms with Crippen LogP contribution in [0.4, 0.5) is 10.6 Å². The van der Waals surface area contributed by atoms with E-state index in [1.165, 1.54) is 16.2 Å². The molecule has 8 nitrogen and oxygen atoms in total. The van der Waals surface area contributed by atoms with Gasteiger partial charge < -0.3 is 24.9 Å². The van der Waals surface area contributed by atoms with Gasteiger partial charge >= 0.3 is 6.03 Å². The summed E-state index contributed by atoms with van der Waals surface area (Å²) < 4.78 is 10.9. The van der Waals surface area contributed by atoms with Crippen LogP contribution in [0.3, 0.4) is 0 Å². The van der Waals surface area contributed by atoms with E-state index in [1.54, 1.807) is 23.3 Å². The van der Waals surface area contributed by atoms with E-state index in [-0.39, 0.29) is 18.5 Å². The van der Waals surface area contributed by atoms with E-state index in [1.807, 2.05) is 12.1 Å². The minimum absolute atomic E-state index is 0.0590. The largest absolute Gasteiger partial charge is 0.467 e. The molecule has 3 heterocycles. The lowest BCUT2D eigenvalue weighted by molar-refractivity contribution is -0.120. The molecule has 3 aromatic rings. The van der Waals surface area contributed by atoms with Crippen LogP contribution < -0.4 is 15.5 Å². The highest BCUT2D eigenvalue weighted by molar-refractivity contribution is 7.13. The zero-order valence-electron chi connectivity index (χ0n) is 15.3. The topological polar surface area (TPSA) is 90.7 Å². The quantitative estimate of drug-likeness (QED) is 0.685. The Kier molecular flexibility index (Phi) is 5.43. The molecule has 2 N–H and O–H groups in total. The molecule has 1 aliphatic heterocycles. The summed E-state index contributed by atoms with van der Waals surface area (Å²) in [4.78, 5) is 28.1. The number of piperazine rings is 1.